The zero-order valence-corrected chi connectivity index (χ0v) is 11.7. The van der Waals surface area contributed by atoms with Crippen molar-refractivity contribution in [2.45, 2.75) is 45.1 Å². The summed E-state index contributed by atoms with van der Waals surface area (Å²) in [5.41, 5.74) is 0. The van der Waals surface area contributed by atoms with Gasteiger partial charge in [0.05, 0.1) is 6.26 Å². The number of likely N-dealkylation sites (tertiary alicyclic amines) is 1. The Kier molecular flexibility index (Phi) is 5.45. The zero-order valence-electron chi connectivity index (χ0n) is 11.7. The molecule has 0 spiro atoms. The predicted octanol–water partition coefficient (Wildman–Crippen LogP) is 2.20. The van der Waals surface area contributed by atoms with Gasteiger partial charge < -0.3 is 14.6 Å². The number of aryl methyl sites for hydroxylation is 1. The lowest BCUT2D eigenvalue weighted by atomic mass is 10.0. The van der Waals surface area contributed by atoms with E-state index in [0.29, 0.717) is 18.9 Å². The van der Waals surface area contributed by atoms with Crippen LogP contribution in [0.2, 0.25) is 0 Å². The Morgan fingerprint density at radius 2 is 2.26 bits per heavy atom. The van der Waals surface area contributed by atoms with Crippen LogP contribution >= 0.6 is 0 Å². The van der Waals surface area contributed by atoms with E-state index >= 15 is 0 Å². The monoisotopic (exact) mass is 264 g/mol. The van der Waals surface area contributed by atoms with E-state index in [9.17, 15) is 4.79 Å². The molecule has 1 N–H and O–H groups in total. The van der Waals surface area contributed by atoms with Gasteiger partial charge in [0.1, 0.15) is 5.76 Å². The van der Waals surface area contributed by atoms with E-state index in [0.717, 1.165) is 31.7 Å². The van der Waals surface area contributed by atoms with Crippen LogP contribution in [0.3, 0.4) is 0 Å². The molecule has 1 saturated heterocycles. The lowest BCUT2D eigenvalue weighted by molar-refractivity contribution is -0.122. The quantitative estimate of drug-likeness (QED) is 0.856. The Morgan fingerprint density at radius 3 is 2.89 bits per heavy atom. The fraction of sp³-hybridized carbons (Fsp3) is 0.667. The number of carbonyl (C=O) groups is 1. The van der Waals surface area contributed by atoms with Crippen LogP contribution in [0.25, 0.3) is 0 Å². The number of amides is 1. The van der Waals surface area contributed by atoms with E-state index in [4.69, 9.17) is 4.42 Å². The maximum absolute atomic E-state index is 11.8. The maximum atomic E-state index is 11.8. The van der Waals surface area contributed by atoms with Crippen molar-refractivity contribution < 1.29 is 9.21 Å². The summed E-state index contributed by atoms with van der Waals surface area (Å²) in [5.74, 6) is 1.03. The van der Waals surface area contributed by atoms with Crippen LogP contribution in [0, 0.1) is 0 Å². The summed E-state index contributed by atoms with van der Waals surface area (Å²) < 4.78 is 5.23. The average Bonchev–Trinajstić information content (AvgIpc) is 2.92. The second-order valence-electron chi connectivity index (χ2n) is 5.26. The van der Waals surface area contributed by atoms with Crippen molar-refractivity contribution in [2.75, 3.05) is 19.6 Å². The van der Waals surface area contributed by atoms with E-state index in [1.807, 2.05) is 12.1 Å². The van der Waals surface area contributed by atoms with Crippen molar-refractivity contribution in [3.63, 3.8) is 0 Å². The number of hydrogen-bond donors (Lipinski definition) is 1. The molecule has 1 aromatic rings. The van der Waals surface area contributed by atoms with Gasteiger partial charge in [-0.25, -0.2) is 0 Å². The van der Waals surface area contributed by atoms with E-state index in [-0.39, 0.29) is 5.91 Å². The van der Waals surface area contributed by atoms with Crippen molar-refractivity contribution in [1.29, 1.82) is 0 Å². The van der Waals surface area contributed by atoms with Crippen LogP contribution in [0.1, 0.15) is 38.4 Å². The van der Waals surface area contributed by atoms with Gasteiger partial charge >= 0.3 is 0 Å². The lowest BCUT2D eigenvalue weighted by Crippen LogP contribution is -2.44. The molecular weight excluding hydrogens is 240 g/mol. The number of nitrogens with zero attached hydrogens (tertiary/aromatic N) is 1. The van der Waals surface area contributed by atoms with Crippen LogP contribution < -0.4 is 5.32 Å². The molecule has 0 bridgehead atoms. The highest BCUT2D eigenvalue weighted by atomic mass is 16.3. The van der Waals surface area contributed by atoms with E-state index in [1.54, 1.807) is 6.26 Å². The first-order chi connectivity index (χ1) is 9.28. The van der Waals surface area contributed by atoms with Crippen LogP contribution in [0.4, 0.5) is 0 Å². The van der Waals surface area contributed by atoms with E-state index < -0.39 is 0 Å². The van der Waals surface area contributed by atoms with Crippen molar-refractivity contribution in [3.8, 4) is 0 Å². The molecule has 0 atom stereocenters. The van der Waals surface area contributed by atoms with E-state index in [2.05, 4.69) is 17.1 Å². The minimum Gasteiger partial charge on any atom is -0.469 e. The Balaban J connectivity index is 1.63. The Bertz CT molecular complexity index is 368. The fourth-order valence-electron chi connectivity index (χ4n) is 2.61. The summed E-state index contributed by atoms with van der Waals surface area (Å²) in [6.45, 7) is 5.61. The molecule has 0 unspecified atom stereocenters. The Morgan fingerprint density at radius 1 is 1.47 bits per heavy atom. The highest BCUT2D eigenvalue weighted by Crippen LogP contribution is 2.11. The Hall–Kier alpha value is -1.29. The molecule has 4 heteroatoms. The summed E-state index contributed by atoms with van der Waals surface area (Å²) in [6, 6.07) is 4.13. The van der Waals surface area contributed by atoms with Crippen LogP contribution in [0.5, 0.6) is 0 Å². The highest BCUT2D eigenvalue weighted by molar-refractivity contribution is 5.76. The van der Waals surface area contributed by atoms with Crippen LogP contribution in [-0.4, -0.2) is 36.5 Å². The molecule has 0 radical (unpaired) electrons. The van der Waals surface area contributed by atoms with Crippen molar-refractivity contribution in [1.82, 2.24) is 10.2 Å². The van der Waals surface area contributed by atoms with Gasteiger partial charge in [0, 0.05) is 32.0 Å². The molecule has 1 aliphatic rings. The maximum Gasteiger partial charge on any atom is 0.220 e. The van der Waals surface area contributed by atoms with Crippen LogP contribution in [-0.2, 0) is 11.2 Å². The van der Waals surface area contributed by atoms with Crippen molar-refractivity contribution in [2.24, 2.45) is 0 Å². The molecular formula is C15H24N2O2. The molecule has 0 aromatic carbocycles. The summed E-state index contributed by atoms with van der Waals surface area (Å²) in [7, 11) is 0. The number of furan rings is 1. The number of piperidine rings is 1. The molecule has 0 saturated carbocycles. The molecule has 1 aliphatic heterocycles. The lowest BCUT2D eigenvalue weighted by Gasteiger charge is -2.32. The van der Waals surface area contributed by atoms with E-state index in [1.165, 1.54) is 13.0 Å². The van der Waals surface area contributed by atoms with Gasteiger partial charge in [-0.1, -0.05) is 6.92 Å². The topological polar surface area (TPSA) is 45.5 Å². The third kappa shape index (κ3) is 4.71. The van der Waals surface area contributed by atoms with Gasteiger partial charge in [0.2, 0.25) is 5.91 Å². The smallest absolute Gasteiger partial charge is 0.220 e. The molecule has 0 aliphatic carbocycles. The summed E-state index contributed by atoms with van der Waals surface area (Å²) in [6.07, 6.45) is 6.21. The van der Waals surface area contributed by atoms with Crippen LogP contribution in [0.15, 0.2) is 22.8 Å². The first-order valence-electron chi connectivity index (χ1n) is 7.32. The number of rotatable bonds is 6. The Labute approximate surface area is 115 Å². The minimum atomic E-state index is 0.144. The standard InChI is InChI=1S/C15H24N2O2/c1-2-9-17-10-7-13(8-11-17)16-15(18)6-5-14-4-3-12-19-14/h3-4,12-13H,2,5-11H2,1H3,(H,16,18). The molecule has 1 amide bonds. The predicted molar refractivity (Wildman–Crippen MR) is 74.9 cm³/mol. The SMILES string of the molecule is CCCN1CCC(NC(=O)CCc2ccco2)CC1. The molecule has 19 heavy (non-hydrogen) atoms. The van der Waals surface area contributed by atoms with Crippen molar-refractivity contribution >= 4 is 5.91 Å². The van der Waals surface area contributed by atoms with Gasteiger partial charge in [0.15, 0.2) is 0 Å². The van der Waals surface area contributed by atoms with Gasteiger partial charge in [-0.2, -0.15) is 0 Å². The number of hydrogen-bond acceptors (Lipinski definition) is 3. The highest BCUT2D eigenvalue weighted by Gasteiger charge is 2.19. The third-order valence-corrected chi connectivity index (χ3v) is 3.67. The number of carbonyl (C=O) groups excluding carboxylic acids is 1. The van der Waals surface area contributed by atoms with Gasteiger partial charge in [-0.15, -0.1) is 0 Å². The largest absolute Gasteiger partial charge is 0.469 e. The molecule has 1 fully saturated rings. The molecule has 4 nitrogen and oxygen atoms in total. The first-order valence-corrected chi connectivity index (χ1v) is 7.32. The zero-order chi connectivity index (χ0) is 13.5. The first kappa shape index (κ1) is 14.1. The molecule has 106 valence electrons. The summed E-state index contributed by atoms with van der Waals surface area (Å²) >= 11 is 0. The summed E-state index contributed by atoms with van der Waals surface area (Å²) in [5, 5.41) is 3.14. The van der Waals surface area contributed by atoms with Gasteiger partial charge in [0.25, 0.3) is 0 Å². The molecule has 2 heterocycles. The molecule has 2 rings (SSSR count). The van der Waals surface area contributed by atoms with Crippen molar-refractivity contribution in [3.05, 3.63) is 24.2 Å². The van der Waals surface area contributed by atoms with Gasteiger partial charge in [-0.3, -0.25) is 4.79 Å². The third-order valence-electron chi connectivity index (χ3n) is 3.67. The molecule has 1 aromatic heterocycles. The second-order valence-corrected chi connectivity index (χ2v) is 5.26. The summed E-state index contributed by atoms with van der Waals surface area (Å²) in [4.78, 5) is 14.3. The normalized spacial score (nSPS) is 17.5. The average molecular weight is 264 g/mol. The fourth-order valence-corrected chi connectivity index (χ4v) is 2.61. The van der Waals surface area contributed by atoms with Gasteiger partial charge in [-0.05, 0) is 37.9 Å². The minimum absolute atomic E-state index is 0.144. The number of nitrogens with one attached hydrogen (secondary N) is 1. The second kappa shape index (κ2) is 7.34.